The molecule has 0 aliphatic heterocycles. The maximum Gasteiger partial charge on any atom is 0.160 e. The molecule has 0 saturated heterocycles. The zero-order valence-corrected chi connectivity index (χ0v) is 10.6. The van der Waals surface area contributed by atoms with Crippen LogP contribution in [0.2, 0.25) is 0 Å². The Balaban J connectivity index is 2.57. The van der Waals surface area contributed by atoms with Crippen LogP contribution in [0.5, 0.6) is 11.5 Å². The molecule has 0 aliphatic carbocycles. The van der Waals surface area contributed by atoms with E-state index in [2.05, 4.69) is 5.32 Å². The van der Waals surface area contributed by atoms with Gasteiger partial charge in [-0.15, -0.1) is 0 Å². The molecule has 96 valence electrons. The molecule has 0 aromatic heterocycles. The average Bonchev–Trinajstić information content (AvgIpc) is 2.36. The quantitative estimate of drug-likeness (QED) is 0.704. The van der Waals surface area contributed by atoms with Crippen molar-refractivity contribution in [1.29, 1.82) is 0 Å². The molecule has 1 aromatic carbocycles. The first-order chi connectivity index (χ1) is 8.08. The molecule has 2 unspecified atom stereocenters. The third-order valence-electron chi connectivity index (χ3n) is 3.01. The van der Waals surface area contributed by atoms with Crippen LogP contribution in [0.1, 0.15) is 19.4 Å². The van der Waals surface area contributed by atoms with E-state index in [1.165, 1.54) is 7.11 Å². The first kappa shape index (κ1) is 13.8. The standard InChI is InChI=1S/C13H21NO3/c1-9(8-15)10(2)14-7-11-4-5-12(16)13(6-11)17-3/h4-6,9-10,14-16H,7-8H2,1-3H3. The number of aromatic hydroxyl groups is 1. The number of hydrogen-bond acceptors (Lipinski definition) is 4. The van der Waals surface area contributed by atoms with Crippen molar-refractivity contribution in [3.63, 3.8) is 0 Å². The summed E-state index contributed by atoms with van der Waals surface area (Å²) in [5, 5.41) is 21.8. The molecule has 4 heteroatoms. The maximum absolute atomic E-state index is 9.46. The van der Waals surface area contributed by atoms with Crippen LogP contribution in [-0.4, -0.2) is 30.0 Å². The van der Waals surface area contributed by atoms with Crippen molar-refractivity contribution in [1.82, 2.24) is 5.32 Å². The summed E-state index contributed by atoms with van der Waals surface area (Å²) < 4.78 is 5.04. The molecule has 0 aliphatic rings. The third-order valence-corrected chi connectivity index (χ3v) is 3.01. The monoisotopic (exact) mass is 239 g/mol. The van der Waals surface area contributed by atoms with Gasteiger partial charge in [0.05, 0.1) is 7.11 Å². The highest BCUT2D eigenvalue weighted by Gasteiger charge is 2.10. The Labute approximate surface area is 102 Å². The lowest BCUT2D eigenvalue weighted by Crippen LogP contribution is -2.33. The van der Waals surface area contributed by atoms with Crippen LogP contribution >= 0.6 is 0 Å². The van der Waals surface area contributed by atoms with E-state index >= 15 is 0 Å². The zero-order chi connectivity index (χ0) is 12.8. The number of aliphatic hydroxyl groups is 1. The second kappa shape index (κ2) is 6.47. The number of hydrogen-bond donors (Lipinski definition) is 3. The molecule has 4 nitrogen and oxygen atoms in total. The predicted octanol–water partition coefficient (Wildman–Crippen LogP) is 1.51. The minimum absolute atomic E-state index is 0.146. The molecule has 0 spiro atoms. The summed E-state index contributed by atoms with van der Waals surface area (Å²) in [4.78, 5) is 0. The second-order valence-electron chi connectivity index (χ2n) is 4.34. The second-order valence-corrected chi connectivity index (χ2v) is 4.34. The summed E-state index contributed by atoms with van der Waals surface area (Å²) in [7, 11) is 1.53. The predicted molar refractivity (Wildman–Crippen MR) is 67.2 cm³/mol. The fourth-order valence-electron chi connectivity index (χ4n) is 1.47. The largest absolute Gasteiger partial charge is 0.504 e. The van der Waals surface area contributed by atoms with Gasteiger partial charge in [-0.25, -0.2) is 0 Å². The highest BCUT2D eigenvalue weighted by atomic mass is 16.5. The molecular formula is C13H21NO3. The molecule has 0 radical (unpaired) electrons. The first-order valence-electron chi connectivity index (χ1n) is 5.78. The van der Waals surface area contributed by atoms with Gasteiger partial charge in [-0.05, 0) is 30.5 Å². The van der Waals surface area contributed by atoms with Crippen LogP contribution in [0.3, 0.4) is 0 Å². The van der Waals surface area contributed by atoms with E-state index < -0.39 is 0 Å². The Morgan fingerprint density at radius 2 is 2.06 bits per heavy atom. The average molecular weight is 239 g/mol. The highest BCUT2D eigenvalue weighted by Crippen LogP contribution is 2.26. The molecule has 0 fully saturated rings. The summed E-state index contributed by atoms with van der Waals surface area (Å²) in [6, 6.07) is 5.51. The van der Waals surface area contributed by atoms with Crippen molar-refractivity contribution < 1.29 is 14.9 Å². The summed E-state index contributed by atoms with van der Waals surface area (Å²) in [6.07, 6.45) is 0. The van der Waals surface area contributed by atoms with Crippen molar-refractivity contribution in [2.24, 2.45) is 5.92 Å². The molecule has 0 saturated carbocycles. The van der Waals surface area contributed by atoms with Gasteiger partial charge in [0, 0.05) is 19.2 Å². The Morgan fingerprint density at radius 3 is 2.65 bits per heavy atom. The van der Waals surface area contributed by atoms with Gasteiger partial charge in [-0.1, -0.05) is 13.0 Å². The van der Waals surface area contributed by atoms with E-state index in [4.69, 9.17) is 9.84 Å². The number of phenols is 1. The van der Waals surface area contributed by atoms with Crippen LogP contribution in [0.4, 0.5) is 0 Å². The van der Waals surface area contributed by atoms with Gasteiger partial charge in [0.25, 0.3) is 0 Å². The molecule has 3 N–H and O–H groups in total. The number of methoxy groups -OCH3 is 1. The Hall–Kier alpha value is -1.26. The van der Waals surface area contributed by atoms with Gasteiger partial charge >= 0.3 is 0 Å². The summed E-state index contributed by atoms with van der Waals surface area (Å²) in [5.41, 5.74) is 1.04. The Kier molecular flexibility index (Phi) is 5.25. The molecule has 0 bridgehead atoms. The number of rotatable bonds is 6. The lowest BCUT2D eigenvalue weighted by Gasteiger charge is -2.19. The smallest absolute Gasteiger partial charge is 0.160 e. The van der Waals surface area contributed by atoms with Gasteiger partial charge in [-0.3, -0.25) is 0 Å². The lowest BCUT2D eigenvalue weighted by molar-refractivity contribution is 0.207. The Bertz CT molecular complexity index is 355. The van der Waals surface area contributed by atoms with Crippen molar-refractivity contribution in [2.75, 3.05) is 13.7 Å². The molecule has 1 rings (SSSR count). The number of phenolic OH excluding ortho intramolecular Hbond substituents is 1. The van der Waals surface area contributed by atoms with Crippen LogP contribution in [0, 0.1) is 5.92 Å². The SMILES string of the molecule is COc1cc(CNC(C)C(C)CO)ccc1O. The van der Waals surface area contributed by atoms with Crippen molar-refractivity contribution >= 4 is 0 Å². The van der Waals surface area contributed by atoms with Gasteiger partial charge in [0.2, 0.25) is 0 Å². The van der Waals surface area contributed by atoms with E-state index in [1.54, 1.807) is 12.1 Å². The van der Waals surface area contributed by atoms with Crippen molar-refractivity contribution in [3.8, 4) is 11.5 Å². The normalized spacial score (nSPS) is 14.4. The van der Waals surface area contributed by atoms with E-state index in [0.717, 1.165) is 5.56 Å². The zero-order valence-electron chi connectivity index (χ0n) is 10.6. The van der Waals surface area contributed by atoms with Gasteiger partial charge < -0.3 is 20.3 Å². The van der Waals surface area contributed by atoms with Gasteiger partial charge in [0.1, 0.15) is 0 Å². The molecular weight excluding hydrogens is 218 g/mol. The summed E-state index contributed by atoms with van der Waals surface area (Å²) >= 11 is 0. The van der Waals surface area contributed by atoms with Crippen LogP contribution < -0.4 is 10.1 Å². The maximum atomic E-state index is 9.46. The first-order valence-corrected chi connectivity index (χ1v) is 5.78. The number of benzene rings is 1. The van der Waals surface area contributed by atoms with E-state index in [-0.39, 0.29) is 24.3 Å². The highest BCUT2D eigenvalue weighted by molar-refractivity contribution is 5.41. The number of ether oxygens (including phenoxy) is 1. The number of aliphatic hydroxyl groups excluding tert-OH is 1. The van der Waals surface area contributed by atoms with E-state index in [1.807, 2.05) is 19.9 Å². The fraction of sp³-hybridized carbons (Fsp3) is 0.538. The lowest BCUT2D eigenvalue weighted by atomic mass is 10.0. The van der Waals surface area contributed by atoms with Crippen LogP contribution in [0.25, 0.3) is 0 Å². The van der Waals surface area contributed by atoms with Gasteiger partial charge in [-0.2, -0.15) is 0 Å². The Morgan fingerprint density at radius 1 is 1.35 bits per heavy atom. The molecule has 0 amide bonds. The van der Waals surface area contributed by atoms with Crippen molar-refractivity contribution in [2.45, 2.75) is 26.4 Å². The van der Waals surface area contributed by atoms with E-state index in [0.29, 0.717) is 12.3 Å². The minimum Gasteiger partial charge on any atom is -0.504 e. The summed E-state index contributed by atoms with van der Waals surface area (Å²) in [6.45, 7) is 4.89. The molecule has 0 heterocycles. The number of nitrogens with one attached hydrogen (secondary N) is 1. The van der Waals surface area contributed by atoms with Crippen LogP contribution in [-0.2, 0) is 6.54 Å². The van der Waals surface area contributed by atoms with Crippen molar-refractivity contribution in [3.05, 3.63) is 23.8 Å². The van der Waals surface area contributed by atoms with Gasteiger partial charge in [0.15, 0.2) is 11.5 Å². The third kappa shape index (κ3) is 3.91. The topological polar surface area (TPSA) is 61.7 Å². The van der Waals surface area contributed by atoms with Crippen LogP contribution in [0.15, 0.2) is 18.2 Å². The summed E-state index contributed by atoms with van der Waals surface area (Å²) in [5.74, 6) is 0.842. The molecule has 1 aromatic rings. The van der Waals surface area contributed by atoms with E-state index in [9.17, 15) is 5.11 Å². The molecule has 17 heavy (non-hydrogen) atoms. The molecule has 2 atom stereocenters. The fourth-order valence-corrected chi connectivity index (χ4v) is 1.47. The minimum atomic E-state index is 0.146.